The molecule has 102 valence electrons. The van der Waals surface area contributed by atoms with Gasteiger partial charge < -0.3 is 4.74 Å². The highest BCUT2D eigenvalue weighted by atomic mass is 35.5. The Morgan fingerprint density at radius 1 is 1.05 bits per heavy atom. The highest BCUT2D eigenvalue weighted by Gasteiger charge is 2.19. The first-order chi connectivity index (χ1) is 9.72. The summed E-state index contributed by atoms with van der Waals surface area (Å²) in [7, 11) is 1.68. The molecule has 1 aromatic heterocycles. The molecule has 0 N–H and O–H groups in total. The SMILES string of the molecule is COc1ccc(C(Cl)c2sccc2Cl)c2ccccc12. The summed E-state index contributed by atoms with van der Waals surface area (Å²) in [6, 6.07) is 13.9. The van der Waals surface area contributed by atoms with Crippen LogP contribution in [0.4, 0.5) is 0 Å². The molecule has 20 heavy (non-hydrogen) atoms. The summed E-state index contributed by atoms with van der Waals surface area (Å²) in [5.41, 5.74) is 1.05. The van der Waals surface area contributed by atoms with Gasteiger partial charge in [-0.05, 0) is 28.5 Å². The Morgan fingerprint density at radius 2 is 1.80 bits per heavy atom. The monoisotopic (exact) mass is 322 g/mol. The molecular formula is C16H12Cl2OS. The van der Waals surface area contributed by atoms with Crippen LogP contribution in [0.15, 0.2) is 47.8 Å². The van der Waals surface area contributed by atoms with Gasteiger partial charge in [-0.2, -0.15) is 0 Å². The average molecular weight is 323 g/mol. The molecule has 1 nitrogen and oxygen atoms in total. The molecule has 1 unspecified atom stereocenters. The Hall–Kier alpha value is -1.22. The molecule has 3 aromatic rings. The normalized spacial score (nSPS) is 12.6. The summed E-state index contributed by atoms with van der Waals surface area (Å²) in [6.45, 7) is 0. The van der Waals surface area contributed by atoms with E-state index in [-0.39, 0.29) is 5.38 Å². The molecular weight excluding hydrogens is 311 g/mol. The third kappa shape index (κ3) is 2.28. The van der Waals surface area contributed by atoms with Gasteiger partial charge in [-0.3, -0.25) is 0 Å². The van der Waals surface area contributed by atoms with Gasteiger partial charge in [0.25, 0.3) is 0 Å². The first kappa shape index (κ1) is 13.7. The summed E-state index contributed by atoms with van der Waals surface area (Å²) in [5.74, 6) is 0.852. The maximum Gasteiger partial charge on any atom is 0.126 e. The Morgan fingerprint density at radius 3 is 2.45 bits per heavy atom. The number of hydrogen-bond donors (Lipinski definition) is 0. The number of benzene rings is 2. The van der Waals surface area contributed by atoms with Crippen molar-refractivity contribution in [2.45, 2.75) is 5.38 Å². The first-order valence-corrected chi connectivity index (χ1v) is 7.84. The molecule has 0 amide bonds. The van der Waals surface area contributed by atoms with Crippen LogP contribution in [-0.4, -0.2) is 7.11 Å². The van der Waals surface area contributed by atoms with Crippen LogP contribution in [0.1, 0.15) is 15.8 Å². The number of alkyl halides is 1. The topological polar surface area (TPSA) is 9.23 Å². The van der Waals surface area contributed by atoms with E-state index in [1.54, 1.807) is 18.4 Å². The Balaban J connectivity index is 2.20. The van der Waals surface area contributed by atoms with Crippen LogP contribution in [0.5, 0.6) is 5.75 Å². The quantitative estimate of drug-likeness (QED) is 0.546. The van der Waals surface area contributed by atoms with Crippen molar-refractivity contribution < 1.29 is 4.74 Å². The minimum Gasteiger partial charge on any atom is -0.496 e. The smallest absolute Gasteiger partial charge is 0.126 e. The molecule has 0 aliphatic rings. The van der Waals surface area contributed by atoms with E-state index in [0.717, 1.165) is 32.0 Å². The summed E-state index contributed by atoms with van der Waals surface area (Å²) in [6.07, 6.45) is 0. The van der Waals surface area contributed by atoms with E-state index in [2.05, 4.69) is 6.07 Å². The number of hydrogen-bond acceptors (Lipinski definition) is 2. The maximum absolute atomic E-state index is 6.64. The second-order valence-electron chi connectivity index (χ2n) is 4.40. The van der Waals surface area contributed by atoms with Crippen LogP contribution in [0.3, 0.4) is 0 Å². The average Bonchev–Trinajstić information content (AvgIpc) is 2.91. The molecule has 4 heteroatoms. The van der Waals surface area contributed by atoms with Gasteiger partial charge in [0, 0.05) is 10.3 Å². The van der Waals surface area contributed by atoms with Gasteiger partial charge in [0.1, 0.15) is 5.75 Å². The predicted molar refractivity (Wildman–Crippen MR) is 87.5 cm³/mol. The number of fused-ring (bicyclic) bond motifs is 1. The lowest BCUT2D eigenvalue weighted by Crippen LogP contribution is -1.94. The van der Waals surface area contributed by atoms with Gasteiger partial charge in [-0.25, -0.2) is 0 Å². The van der Waals surface area contributed by atoms with Crippen LogP contribution in [0.25, 0.3) is 10.8 Å². The number of thiophene rings is 1. The summed E-state index contributed by atoms with van der Waals surface area (Å²) in [5, 5.41) is 4.58. The molecule has 0 bridgehead atoms. The lowest BCUT2D eigenvalue weighted by molar-refractivity contribution is 0.419. The highest BCUT2D eigenvalue weighted by molar-refractivity contribution is 7.11. The zero-order chi connectivity index (χ0) is 14.1. The van der Waals surface area contributed by atoms with Crippen molar-refractivity contribution in [2.75, 3.05) is 7.11 Å². The van der Waals surface area contributed by atoms with Crippen LogP contribution in [-0.2, 0) is 0 Å². The van der Waals surface area contributed by atoms with E-state index >= 15 is 0 Å². The van der Waals surface area contributed by atoms with E-state index in [9.17, 15) is 0 Å². The third-order valence-corrected chi connectivity index (χ3v) is 5.29. The van der Waals surface area contributed by atoms with Crippen LogP contribution in [0, 0.1) is 0 Å². The molecule has 1 atom stereocenters. The molecule has 0 saturated carbocycles. The molecule has 3 rings (SSSR count). The van der Waals surface area contributed by atoms with Crippen molar-refractivity contribution in [3.8, 4) is 5.75 Å². The van der Waals surface area contributed by atoms with Gasteiger partial charge in [0.15, 0.2) is 0 Å². The van der Waals surface area contributed by atoms with E-state index in [4.69, 9.17) is 27.9 Å². The van der Waals surface area contributed by atoms with Gasteiger partial charge in [-0.15, -0.1) is 22.9 Å². The Kier molecular flexibility index (Phi) is 3.88. The number of methoxy groups -OCH3 is 1. The van der Waals surface area contributed by atoms with Crippen molar-refractivity contribution in [1.82, 2.24) is 0 Å². The van der Waals surface area contributed by atoms with Crippen molar-refractivity contribution in [1.29, 1.82) is 0 Å². The van der Waals surface area contributed by atoms with E-state index in [1.165, 1.54) is 0 Å². The van der Waals surface area contributed by atoms with Crippen LogP contribution in [0.2, 0.25) is 5.02 Å². The zero-order valence-electron chi connectivity index (χ0n) is 10.8. The minimum absolute atomic E-state index is 0.252. The summed E-state index contributed by atoms with van der Waals surface area (Å²) >= 11 is 14.4. The Labute approximate surface area is 131 Å². The highest BCUT2D eigenvalue weighted by Crippen LogP contribution is 2.41. The van der Waals surface area contributed by atoms with Gasteiger partial charge in [-0.1, -0.05) is 41.9 Å². The lowest BCUT2D eigenvalue weighted by Gasteiger charge is -2.14. The largest absolute Gasteiger partial charge is 0.496 e. The fourth-order valence-electron chi connectivity index (χ4n) is 2.32. The molecule has 0 radical (unpaired) electrons. The summed E-state index contributed by atoms with van der Waals surface area (Å²) in [4.78, 5) is 0.976. The van der Waals surface area contributed by atoms with Crippen molar-refractivity contribution >= 4 is 45.3 Å². The minimum atomic E-state index is -0.252. The molecule has 0 saturated heterocycles. The van der Waals surface area contributed by atoms with Gasteiger partial charge >= 0.3 is 0 Å². The van der Waals surface area contributed by atoms with Crippen LogP contribution < -0.4 is 4.74 Å². The fraction of sp³-hybridized carbons (Fsp3) is 0.125. The Bertz CT molecular complexity index is 751. The van der Waals surface area contributed by atoms with E-state index in [1.807, 2.05) is 41.8 Å². The number of halogens is 2. The molecule has 0 aliphatic carbocycles. The maximum atomic E-state index is 6.64. The van der Waals surface area contributed by atoms with Crippen LogP contribution >= 0.6 is 34.5 Å². The van der Waals surface area contributed by atoms with E-state index < -0.39 is 0 Å². The molecule has 0 aliphatic heterocycles. The second-order valence-corrected chi connectivity index (χ2v) is 6.19. The van der Waals surface area contributed by atoms with E-state index in [0.29, 0.717) is 0 Å². The van der Waals surface area contributed by atoms with Crippen molar-refractivity contribution in [2.24, 2.45) is 0 Å². The van der Waals surface area contributed by atoms with Crippen molar-refractivity contribution in [3.05, 3.63) is 63.3 Å². The standard InChI is InChI=1S/C16H12Cl2OS/c1-19-14-7-6-12(10-4-2-3-5-11(10)14)15(18)16-13(17)8-9-20-16/h2-9,15H,1H3. The molecule has 0 spiro atoms. The van der Waals surface area contributed by atoms with Gasteiger partial charge in [0.05, 0.1) is 17.5 Å². The second kappa shape index (κ2) is 5.65. The molecule has 1 heterocycles. The number of ether oxygens (including phenoxy) is 1. The lowest BCUT2D eigenvalue weighted by atomic mass is 10.0. The first-order valence-electron chi connectivity index (χ1n) is 6.15. The number of rotatable bonds is 3. The fourth-order valence-corrected chi connectivity index (χ4v) is 4.00. The van der Waals surface area contributed by atoms with Crippen molar-refractivity contribution in [3.63, 3.8) is 0 Å². The molecule has 2 aromatic carbocycles. The summed E-state index contributed by atoms with van der Waals surface area (Å²) < 4.78 is 5.41. The third-order valence-electron chi connectivity index (χ3n) is 3.29. The predicted octanol–water partition coefficient (Wildman–Crippen LogP) is 5.89. The molecule has 0 fully saturated rings. The van der Waals surface area contributed by atoms with Gasteiger partial charge in [0.2, 0.25) is 0 Å². The zero-order valence-corrected chi connectivity index (χ0v) is 13.1.